The van der Waals surface area contributed by atoms with Crippen molar-refractivity contribution in [2.75, 3.05) is 13.2 Å². The summed E-state index contributed by atoms with van der Waals surface area (Å²) < 4.78 is 34.6. The lowest BCUT2D eigenvalue weighted by atomic mass is 9.83. The van der Waals surface area contributed by atoms with Crippen LogP contribution >= 0.6 is 7.82 Å². The molecule has 66 heavy (non-hydrogen) atoms. The van der Waals surface area contributed by atoms with Crippen LogP contribution in [-0.2, 0) is 37.5 Å². The van der Waals surface area contributed by atoms with Gasteiger partial charge >= 0.3 is 19.8 Å². The summed E-state index contributed by atoms with van der Waals surface area (Å²) in [6.07, 6.45) is 13.5. The number of hydrogen-bond donors (Lipinski definition) is 8. The Morgan fingerprint density at radius 1 is 0.758 bits per heavy atom. The third kappa shape index (κ3) is 24.4. The molecule has 1 aliphatic heterocycles. The first-order valence-electron chi connectivity index (χ1n) is 24.2. The van der Waals surface area contributed by atoms with E-state index in [2.05, 4.69) is 43.4 Å². The molecular weight excluding hydrogens is 875 g/mol. The minimum atomic E-state index is -5.46. The zero-order valence-electron chi connectivity index (χ0n) is 39.2. The Morgan fingerprint density at radius 3 is 2.00 bits per heavy atom. The zero-order valence-corrected chi connectivity index (χ0v) is 40.1. The van der Waals surface area contributed by atoms with E-state index in [1.165, 1.54) is 31.4 Å². The van der Waals surface area contributed by atoms with Crippen LogP contribution in [0.25, 0.3) is 0 Å². The van der Waals surface area contributed by atoms with Crippen LogP contribution in [0.3, 0.4) is 0 Å². The lowest BCUT2D eigenvalue weighted by molar-refractivity contribution is -0.166. The number of carbonyl (C=O) groups is 3. The molecule has 12 atom stereocenters. The van der Waals surface area contributed by atoms with Crippen LogP contribution in [0.5, 0.6) is 0 Å². The summed E-state index contributed by atoms with van der Waals surface area (Å²) in [7, 11) is -5.46. The van der Waals surface area contributed by atoms with Gasteiger partial charge in [0, 0.05) is 31.1 Å². The second-order valence-corrected chi connectivity index (χ2v) is 18.8. The molecule has 0 aromatic carbocycles. The van der Waals surface area contributed by atoms with Gasteiger partial charge in [0.25, 0.3) is 0 Å². The summed E-state index contributed by atoms with van der Waals surface area (Å²) in [6.45, 7) is 2.75. The predicted octanol–water partition coefficient (Wildman–Crippen LogP) is 6.31. The molecule has 17 heteroatoms. The maximum absolute atomic E-state index is 13.6. The van der Waals surface area contributed by atoms with E-state index < -0.39 is 112 Å². The van der Waals surface area contributed by atoms with E-state index in [0.717, 1.165) is 38.5 Å². The molecule has 16 nitrogen and oxygen atoms in total. The molecule has 1 aliphatic carbocycles. The largest absolute Gasteiger partial charge is 0.472 e. The average Bonchev–Trinajstić information content (AvgIpc) is 3.28. The number of cyclic esters (lactones) is 1. The fraction of sp³-hybridized carbons (Fsp3) is 0.735. The molecule has 0 aromatic heterocycles. The first kappa shape index (κ1) is 59.3. The van der Waals surface area contributed by atoms with Crippen LogP contribution in [0.4, 0.5) is 0 Å². The quantitative estimate of drug-likeness (QED) is 0.0256. The van der Waals surface area contributed by atoms with Gasteiger partial charge in [-0.1, -0.05) is 126 Å². The van der Waals surface area contributed by atoms with Crippen LogP contribution < -0.4 is 0 Å². The number of fused-ring (bicyclic) bond motifs is 4. The Hall–Kier alpha value is -2.86. The van der Waals surface area contributed by atoms with Gasteiger partial charge < -0.3 is 50.1 Å². The number of aliphatic hydroxyl groups excluding tert-OH is 7. The Bertz CT molecular complexity index is 1560. The molecule has 2 bridgehead atoms. The number of allylic oxidation sites excluding steroid dienone is 8. The fourth-order valence-electron chi connectivity index (χ4n) is 7.72. The molecule has 8 N–H and O–H groups in total. The highest BCUT2D eigenvalue weighted by atomic mass is 31.2. The molecular formula is C49H81O16P. The highest BCUT2D eigenvalue weighted by molar-refractivity contribution is 7.47. The van der Waals surface area contributed by atoms with E-state index in [1.807, 2.05) is 19.1 Å². The molecule has 2 fully saturated rings. The number of phosphoric acid groups is 1. The number of rotatable bonds is 22. The second-order valence-electron chi connectivity index (χ2n) is 17.4. The van der Waals surface area contributed by atoms with Gasteiger partial charge in [-0.15, -0.1) is 0 Å². The molecule has 1 saturated heterocycles. The minimum absolute atomic E-state index is 0.0320. The van der Waals surface area contributed by atoms with Gasteiger partial charge in [0.15, 0.2) is 6.10 Å². The van der Waals surface area contributed by atoms with E-state index in [-0.39, 0.29) is 19.3 Å². The number of hydrogen-bond acceptors (Lipinski definition) is 15. The summed E-state index contributed by atoms with van der Waals surface area (Å²) in [5, 5.41) is 78.5. The van der Waals surface area contributed by atoms with Gasteiger partial charge in [0.1, 0.15) is 36.8 Å². The van der Waals surface area contributed by atoms with Crippen molar-refractivity contribution >= 4 is 25.5 Å². The fourth-order valence-corrected chi connectivity index (χ4v) is 8.69. The number of unbranched alkanes of at least 4 members (excludes halogenated alkanes) is 6. The molecule has 0 spiro atoms. The monoisotopic (exact) mass is 957 g/mol. The van der Waals surface area contributed by atoms with Crippen LogP contribution in [0.1, 0.15) is 149 Å². The molecule has 2 aliphatic rings. The number of aliphatic hydroxyl groups is 7. The van der Waals surface area contributed by atoms with Gasteiger partial charge in [0.05, 0.1) is 31.0 Å². The van der Waals surface area contributed by atoms with E-state index in [0.29, 0.717) is 51.4 Å². The molecule has 1 unspecified atom stereocenters. The Kier molecular flexibility index (Phi) is 30.9. The van der Waals surface area contributed by atoms with Crippen LogP contribution in [0.2, 0.25) is 0 Å². The Morgan fingerprint density at radius 2 is 1.35 bits per heavy atom. The summed E-state index contributed by atoms with van der Waals surface area (Å²) in [6, 6.07) is 0. The van der Waals surface area contributed by atoms with Gasteiger partial charge in [-0.2, -0.15) is 0 Å². The molecule has 0 amide bonds. The van der Waals surface area contributed by atoms with Crippen molar-refractivity contribution in [2.45, 2.75) is 204 Å². The molecule has 2 rings (SSSR count). The average molecular weight is 957 g/mol. The number of phosphoric ester groups is 1. The lowest BCUT2D eigenvalue weighted by Crippen LogP contribution is -2.55. The molecule has 1 saturated carbocycles. The van der Waals surface area contributed by atoms with Crippen molar-refractivity contribution in [3.8, 4) is 0 Å². The van der Waals surface area contributed by atoms with Crippen molar-refractivity contribution in [3.63, 3.8) is 0 Å². The first-order chi connectivity index (χ1) is 31.6. The van der Waals surface area contributed by atoms with Gasteiger partial charge in [-0.3, -0.25) is 23.4 Å². The Balaban J connectivity index is 2.14. The summed E-state index contributed by atoms with van der Waals surface area (Å²) in [4.78, 5) is 50.0. The highest BCUT2D eigenvalue weighted by Crippen LogP contribution is 2.47. The third-order valence-corrected chi connectivity index (χ3v) is 12.7. The van der Waals surface area contributed by atoms with Crippen molar-refractivity contribution < 1.29 is 78.1 Å². The predicted molar refractivity (Wildman–Crippen MR) is 250 cm³/mol. The molecule has 0 radical (unpaired) electrons. The van der Waals surface area contributed by atoms with Crippen molar-refractivity contribution in [1.29, 1.82) is 0 Å². The topological polar surface area (TPSA) is 267 Å². The van der Waals surface area contributed by atoms with Crippen molar-refractivity contribution in [1.82, 2.24) is 0 Å². The number of carbonyl (C=O) groups excluding carboxylic acids is 3. The molecule has 378 valence electrons. The third-order valence-electron chi connectivity index (χ3n) is 11.7. The number of ether oxygens (including phenoxy) is 2. The number of esters is 2. The summed E-state index contributed by atoms with van der Waals surface area (Å²) in [5.74, 6) is -4.95. The van der Waals surface area contributed by atoms with Crippen LogP contribution in [0.15, 0.2) is 60.8 Å². The Labute approximate surface area is 392 Å². The summed E-state index contributed by atoms with van der Waals surface area (Å²) in [5.41, 5.74) is 0. The first-order valence-corrected chi connectivity index (χ1v) is 25.7. The number of Topliss-reactive ketones (excluding diaryl/α,β-unsaturated/α-hetero) is 1. The van der Waals surface area contributed by atoms with Gasteiger partial charge in [-0.05, 0) is 64.2 Å². The van der Waals surface area contributed by atoms with E-state index in [1.54, 1.807) is 0 Å². The standard InChI is InChI=1S/C49H81O16P/c1-3-5-7-8-9-10-11-12-13-14-15-16-17-18-19-20-25-29-42(53)62-34-37-35-63-66(60,61)65-49-47(58)45(56)39(32-31-36(50)27-23-6-4-2)41(52)33-40(51)38(44(55)46(57)48(49)59)28-24-21-22-26-30-43(54)64-37/h9-10,12-13,15-16,18-19,31-32,36-39,41,44-50,52,55-59H,3-8,11,14,17,20-30,33-35H2,1-2H3,(H,60,61)/b10-9-,13-12-,16-15-,19-18-,32-31+/t36-,37+,38-,39-,41+,44+,45+,46-,47+,48+,49+/m0/s1. The van der Waals surface area contributed by atoms with E-state index in [9.17, 15) is 59.6 Å². The zero-order chi connectivity index (χ0) is 48.7. The SMILES string of the molecule is CCCCC/C=C\C/C=C\C/C=C\C/C=C\CCCC(=O)OC[C@@H]1COP(=O)(O)O[C@H]2[C@H](O)[C@@H](O)[C@H](O)[C@@H](CCCCCCC(=O)O1)C(=O)C[C@@H](O)[C@H](/C=C/[C@@H](O)CCCCC)[C@@H](O)[C@H]2O. The number of ketones is 1. The van der Waals surface area contributed by atoms with Gasteiger partial charge in [-0.25, -0.2) is 4.57 Å². The van der Waals surface area contributed by atoms with E-state index in [4.69, 9.17) is 18.5 Å². The van der Waals surface area contributed by atoms with E-state index >= 15 is 0 Å². The maximum atomic E-state index is 13.6. The highest BCUT2D eigenvalue weighted by Gasteiger charge is 2.49. The summed E-state index contributed by atoms with van der Waals surface area (Å²) >= 11 is 0. The molecule has 0 aromatic rings. The maximum Gasteiger partial charge on any atom is 0.472 e. The molecule has 1 heterocycles. The van der Waals surface area contributed by atoms with Gasteiger partial charge in [0.2, 0.25) is 0 Å². The second kappa shape index (κ2) is 34.4. The van der Waals surface area contributed by atoms with Crippen molar-refractivity contribution in [2.24, 2.45) is 11.8 Å². The minimum Gasteiger partial charge on any atom is -0.462 e. The smallest absolute Gasteiger partial charge is 0.462 e. The van der Waals surface area contributed by atoms with Crippen molar-refractivity contribution in [3.05, 3.63) is 60.8 Å². The lowest BCUT2D eigenvalue weighted by Gasteiger charge is -2.36. The normalized spacial score (nSPS) is 31.2. The van der Waals surface area contributed by atoms with Crippen LogP contribution in [-0.4, -0.2) is 127 Å². The van der Waals surface area contributed by atoms with Crippen LogP contribution in [0, 0.1) is 11.8 Å².